The van der Waals surface area contributed by atoms with Crippen LogP contribution in [0.15, 0.2) is 24.3 Å². The third-order valence-corrected chi connectivity index (χ3v) is 3.67. The molecule has 1 aromatic rings. The third kappa shape index (κ3) is 3.30. The molecule has 0 radical (unpaired) electrons. The van der Waals surface area contributed by atoms with Crippen LogP contribution < -0.4 is 5.73 Å². The number of nitrogens with two attached hydrogens (primary N) is 1. The smallest absolute Gasteiger partial charge is 0.0540 e. The summed E-state index contributed by atoms with van der Waals surface area (Å²) in [4.78, 5) is 0. The SMILES string of the molecule is CCCCCC(CN)(CO)c1ccccc1C. The van der Waals surface area contributed by atoms with Crippen LogP contribution in [0.4, 0.5) is 0 Å². The van der Waals surface area contributed by atoms with Gasteiger partial charge >= 0.3 is 0 Å². The molecule has 1 atom stereocenters. The molecule has 0 saturated heterocycles. The zero-order valence-electron chi connectivity index (χ0n) is 11.1. The average molecular weight is 235 g/mol. The summed E-state index contributed by atoms with van der Waals surface area (Å²) in [5.41, 5.74) is 8.13. The quantitative estimate of drug-likeness (QED) is 0.714. The second kappa shape index (κ2) is 6.77. The van der Waals surface area contributed by atoms with E-state index in [1.165, 1.54) is 24.0 Å². The van der Waals surface area contributed by atoms with Gasteiger partial charge < -0.3 is 10.8 Å². The molecule has 0 heterocycles. The first kappa shape index (κ1) is 14.2. The fourth-order valence-corrected chi connectivity index (χ4v) is 2.46. The predicted octanol–water partition coefficient (Wildman–Crippen LogP) is 2.76. The maximum Gasteiger partial charge on any atom is 0.0540 e. The minimum Gasteiger partial charge on any atom is -0.395 e. The van der Waals surface area contributed by atoms with Crippen molar-refractivity contribution >= 4 is 0 Å². The van der Waals surface area contributed by atoms with E-state index in [1.807, 2.05) is 12.1 Å². The van der Waals surface area contributed by atoms with Crippen LogP contribution in [-0.2, 0) is 5.41 Å². The van der Waals surface area contributed by atoms with Crippen molar-refractivity contribution in [1.29, 1.82) is 0 Å². The molecule has 0 bridgehead atoms. The Morgan fingerprint density at radius 3 is 2.47 bits per heavy atom. The first-order valence-corrected chi connectivity index (χ1v) is 6.57. The van der Waals surface area contributed by atoms with E-state index in [2.05, 4.69) is 26.0 Å². The highest BCUT2D eigenvalue weighted by Gasteiger charge is 2.30. The van der Waals surface area contributed by atoms with E-state index < -0.39 is 0 Å². The number of hydrogen-bond acceptors (Lipinski definition) is 2. The Balaban J connectivity index is 2.94. The molecule has 3 N–H and O–H groups in total. The Morgan fingerprint density at radius 2 is 1.94 bits per heavy atom. The first-order valence-electron chi connectivity index (χ1n) is 6.57. The van der Waals surface area contributed by atoms with Crippen LogP contribution in [-0.4, -0.2) is 18.3 Å². The second-order valence-corrected chi connectivity index (χ2v) is 4.91. The number of rotatable bonds is 7. The zero-order chi connectivity index (χ0) is 12.7. The fraction of sp³-hybridized carbons (Fsp3) is 0.600. The maximum atomic E-state index is 9.77. The van der Waals surface area contributed by atoms with Gasteiger partial charge in [-0.15, -0.1) is 0 Å². The van der Waals surface area contributed by atoms with Crippen LogP contribution in [0.3, 0.4) is 0 Å². The van der Waals surface area contributed by atoms with Gasteiger partial charge in [-0.05, 0) is 24.5 Å². The number of benzene rings is 1. The molecule has 17 heavy (non-hydrogen) atoms. The number of aliphatic hydroxyl groups excluding tert-OH is 1. The van der Waals surface area contributed by atoms with E-state index in [1.54, 1.807) is 0 Å². The van der Waals surface area contributed by atoms with Gasteiger partial charge in [0, 0.05) is 12.0 Å². The van der Waals surface area contributed by atoms with Crippen LogP contribution in [0.2, 0.25) is 0 Å². The maximum absolute atomic E-state index is 9.77. The van der Waals surface area contributed by atoms with Crippen molar-refractivity contribution < 1.29 is 5.11 Å². The summed E-state index contributed by atoms with van der Waals surface area (Å²) in [5, 5.41) is 9.77. The molecule has 96 valence electrons. The van der Waals surface area contributed by atoms with Gasteiger partial charge in [0.15, 0.2) is 0 Å². The molecular weight excluding hydrogens is 210 g/mol. The van der Waals surface area contributed by atoms with Gasteiger partial charge in [0.05, 0.1) is 6.61 Å². The van der Waals surface area contributed by atoms with Gasteiger partial charge in [-0.2, -0.15) is 0 Å². The highest BCUT2D eigenvalue weighted by molar-refractivity contribution is 5.34. The van der Waals surface area contributed by atoms with Gasteiger partial charge in [0.2, 0.25) is 0 Å². The largest absolute Gasteiger partial charge is 0.395 e. The van der Waals surface area contributed by atoms with Crippen molar-refractivity contribution in [1.82, 2.24) is 0 Å². The van der Waals surface area contributed by atoms with Crippen LogP contribution in [0, 0.1) is 6.92 Å². The molecular formula is C15H25NO. The van der Waals surface area contributed by atoms with Crippen molar-refractivity contribution in [3.63, 3.8) is 0 Å². The minimum absolute atomic E-state index is 0.137. The Kier molecular flexibility index (Phi) is 5.66. The van der Waals surface area contributed by atoms with E-state index in [9.17, 15) is 5.11 Å². The molecule has 0 fully saturated rings. The van der Waals surface area contributed by atoms with E-state index >= 15 is 0 Å². The number of unbranched alkanes of at least 4 members (excludes halogenated alkanes) is 2. The van der Waals surface area contributed by atoms with Gasteiger partial charge in [-0.25, -0.2) is 0 Å². The Morgan fingerprint density at radius 1 is 1.24 bits per heavy atom. The molecule has 2 nitrogen and oxygen atoms in total. The molecule has 1 rings (SSSR count). The molecule has 0 aliphatic carbocycles. The summed E-state index contributed by atoms with van der Waals surface area (Å²) in [6.07, 6.45) is 4.49. The van der Waals surface area contributed by atoms with Crippen molar-refractivity contribution in [2.45, 2.75) is 44.9 Å². The topological polar surface area (TPSA) is 46.2 Å². The molecule has 2 heteroatoms. The van der Waals surface area contributed by atoms with Crippen molar-refractivity contribution in [3.8, 4) is 0 Å². The van der Waals surface area contributed by atoms with E-state index in [-0.39, 0.29) is 12.0 Å². The van der Waals surface area contributed by atoms with Crippen molar-refractivity contribution in [2.75, 3.05) is 13.2 Å². The zero-order valence-corrected chi connectivity index (χ0v) is 11.1. The molecule has 0 aliphatic heterocycles. The lowest BCUT2D eigenvalue weighted by molar-refractivity contribution is 0.184. The van der Waals surface area contributed by atoms with Crippen LogP contribution >= 0.6 is 0 Å². The van der Waals surface area contributed by atoms with Crippen molar-refractivity contribution in [2.24, 2.45) is 5.73 Å². The van der Waals surface area contributed by atoms with Gasteiger partial charge in [-0.3, -0.25) is 0 Å². The predicted molar refractivity (Wildman–Crippen MR) is 73.1 cm³/mol. The summed E-state index contributed by atoms with van der Waals surface area (Å²) in [6, 6.07) is 8.26. The first-order chi connectivity index (χ1) is 8.20. The minimum atomic E-state index is -0.249. The molecule has 1 unspecified atom stereocenters. The summed E-state index contributed by atoms with van der Waals surface area (Å²) < 4.78 is 0. The Labute approximate surface area is 105 Å². The van der Waals surface area contributed by atoms with Crippen LogP contribution in [0.25, 0.3) is 0 Å². The van der Waals surface area contributed by atoms with E-state index in [0.717, 1.165) is 12.8 Å². The normalized spacial score (nSPS) is 14.6. The summed E-state index contributed by atoms with van der Waals surface area (Å²) in [7, 11) is 0. The van der Waals surface area contributed by atoms with E-state index in [4.69, 9.17) is 5.73 Å². The van der Waals surface area contributed by atoms with Crippen molar-refractivity contribution in [3.05, 3.63) is 35.4 Å². The summed E-state index contributed by atoms with van der Waals surface area (Å²) in [5.74, 6) is 0. The monoisotopic (exact) mass is 235 g/mol. The molecule has 0 amide bonds. The Hall–Kier alpha value is -0.860. The Bertz CT molecular complexity index is 331. The fourth-order valence-electron chi connectivity index (χ4n) is 2.46. The number of aliphatic hydroxyl groups is 1. The molecule has 0 spiro atoms. The van der Waals surface area contributed by atoms with Crippen LogP contribution in [0.1, 0.15) is 43.7 Å². The molecule has 0 aromatic heterocycles. The average Bonchev–Trinajstić information content (AvgIpc) is 2.36. The number of hydrogen-bond donors (Lipinski definition) is 2. The molecule has 1 aromatic carbocycles. The molecule has 0 aliphatic rings. The third-order valence-electron chi connectivity index (χ3n) is 3.67. The standard InChI is InChI=1S/C15H25NO/c1-3-4-7-10-15(11-16,12-17)14-9-6-5-8-13(14)2/h5-6,8-9,17H,3-4,7,10-12,16H2,1-2H3. The summed E-state index contributed by atoms with van der Waals surface area (Å²) in [6.45, 7) is 4.93. The summed E-state index contributed by atoms with van der Waals surface area (Å²) >= 11 is 0. The lowest BCUT2D eigenvalue weighted by atomic mass is 9.75. The van der Waals surface area contributed by atoms with E-state index in [0.29, 0.717) is 6.54 Å². The van der Waals surface area contributed by atoms with Gasteiger partial charge in [0.1, 0.15) is 0 Å². The highest BCUT2D eigenvalue weighted by atomic mass is 16.3. The lowest BCUT2D eigenvalue weighted by Crippen LogP contribution is -2.39. The van der Waals surface area contributed by atoms with Gasteiger partial charge in [0.25, 0.3) is 0 Å². The lowest BCUT2D eigenvalue weighted by Gasteiger charge is -2.32. The van der Waals surface area contributed by atoms with Gasteiger partial charge in [-0.1, -0.05) is 50.5 Å². The van der Waals surface area contributed by atoms with Crippen LogP contribution in [0.5, 0.6) is 0 Å². The highest BCUT2D eigenvalue weighted by Crippen LogP contribution is 2.31. The molecule has 0 saturated carbocycles. The number of aryl methyl sites for hydroxylation is 1. The second-order valence-electron chi connectivity index (χ2n) is 4.91.